The summed E-state index contributed by atoms with van der Waals surface area (Å²) in [5.41, 5.74) is -0.145. The lowest BCUT2D eigenvalue weighted by atomic mass is 9.99. The molecule has 0 aliphatic rings. The molecule has 0 bridgehead atoms. The highest BCUT2D eigenvalue weighted by atomic mass is 32.2. The fourth-order valence-corrected chi connectivity index (χ4v) is 2.46. The minimum Gasteiger partial charge on any atom is -0.371 e. The van der Waals surface area contributed by atoms with Gasteiger partial charge in [-0.05, 0) is 17.8 Å². The van der Waals surface area contributed by atoms with Gasteiger partial charge in [-0.15, -0.1) is 0 Å². The van der Waals surface area contributed by atoms with Crippen LogP contribution in [0.15, 0.2) is 0 Å². The van der Waals surface area contributed by atoms with E-state index in [1.54, 1.807) is 0 Å². The van der Waals surface area contributed by atoms with Crippen molar-refractivity contribution in [1.82, 2.24) is 0 Å². The largest absolute Gasteiger partial charge is 0.371 e. The van der Waals surface area contributed by atoms with Gasteiger partial charge in [0.05, 0.1) is 24.9 Å². The van der Waals surface area contributed by atoms with Gasteiger partial charge in [-0.2, -0.15) is 21.0 Å². The van der Waals surface area contributed by atoms with Crippen molar-refractivity contribution in [3.63, 3.8) is 0 Å². The standard InChI is InChI=1S/C11H24O4S2/c1-10(7-14-9-16)5-6-17(12,13)15-8-11(2,3)4/h10,16H,5-9H2,1-4H3/t10-/m0/s1. The van der Waals surface area contributed by atoms with Crippen LogP contribution in [-0.2, 0) is 19.0 Å². The molecule has 0 radical (unpaired) electrons. The van der Waals surface area contributed by atoms with Crippen molar-refractivity contribution in [2.75, 3.05) is 24.9 Å². The summed E-state index contributed by atoms with van der Waals surface area (Å²) in [5.74, 6) is 0.591. The van der Waals surface area contributed by atoms with Gasteiger partial charge in [0.1, 0.15) is 0 Å². The van der Waals surface area contributed by atoms with Crippen molar-refractivity contribution >= 4 is 22.7 Å². The lowest BCUT2D eigenvalue weighted by molar-refractivity contribution is 0.145. The average Bonchev–Trinajstić information content (AvgIpc) is 2.20. The van der Waals surface area contributed by atoms with Crippen LogP contribution >= 0.6 is 12.6 Å². The molecule has 0 rings (SSSR count). The van der Waals surface area contributed by atoms with E-state index in [0.717, 1.165) is 0 Å². The predicted octanol–water partition coefficient (Wildman–Crippen LogP) is 2.31. The maximum absolute atomic E-state index is 11.6. The second-order valence-corrected chi connectivity index (χ2v) is 7.50. The molecule has 0 saturated heterocycles. The Bertz CT molecular complexity index is 293. The van der Waals surface area contributed by atoms with E-state index in [2.05, 4.69) is 12.6 Å². The lowest BCUT2D eigenvalue weighted by Crippen LogP contribution is -2.21. The van der Waals surface area contributed by atoms with Crippen LogP contribution in [0.1, 0.15) is 34.1 Å². The van der Waals surface area contributed by atoms with Crippen LogP contribution in [0.5, 0.6) is 0 Å². The molecule has 0 aromatic rings. The zero-order valence-electron chi connectivity index (χ0n) is 11.1. The molecule has 6 heteroatoms. The minimum absolute atomic E-state index is 0.0418. The highest BCUT2D eigenvalue weighted by Gasteiger charge is 2.18. The Morgan fingerprint density at radius 1 is 1.29 bits per heavy atom. The second kappa shape index (κ2) is 7.61. The number of hydrogen-bond acceptors (Lipinski definition) is 5. The summed E-state index contributed by atoms with van der Waals surface area (Å²) >= 11 is 3.92. The van der Waals surface area contributed by atoms with Gasteiger partial charge < -0.3 is 4.74 Å². The number of ether oxygens (including phenoxy) is 1. The molecule has 0 aromatic carbocycles. The molecule has 0 saturated carbocycles. The normalized spacial score (nSPS) is 14.9. The summed E-state index contributed by atoms with van der Waals surface area (Å²) in [6.07, 6.45) is 0.542. The maximum atomic E-state index is 11.6. The van der Waals surface area contributed by atoms with Crippen molar-refractivity contribution in [3.8, 4) is 0 Å². The van der Waals surface area contributed by atoms with Gasteiger partial charge >= 0.3 is 0 Å². The van der Waals surface area contributed by atoms with Crippen molar-refractivity contribution < 1.29 is 17.3 Å². The molecule has 0 unspecified atom stereocenters. The van der Waals surface area contributed by atoms with Crippen LogP contribution in [0.2, 0.25) is 0 Å². The number of thiol groups is 1. The summed E-state index contributed by atoms with van der Waals surface area (Å²) in [4.78, 5) is 0. The molecule has 0 amide bonds. The van der Waals surface area contributed by atoms with Crippen LogP contribution in [-0.4, -0.2) is 33.3 Å². The molecule has 0 aliphatic heterocycles. The third-order valence-electron chi connectivity index (χ3n) is 2.03. The van der Waals surface area contributed by atoms with Crippen LogP contribution in [0.4, 0.5) is 0 Å². The van der Waals surface area contributed by atoms with Gasteiger partial charge in [-0.3, -0.25) is 4.18 Å². The summed E-state index contributed by atoms with van der Waals surface area (Å²) in [5, 5.41) is 0. The monoisotopic (exact) mass is 284 g/mol. The van der Waals surface area contributed by atoms with E-state index in [9.17, 15) is 8.42 Å². The molecule has 0 heterocycles. The minimum atomic E-state index is -3.41. The summed E-state index contributed by atoms with van der Waals surface area (Å²) in [6, 6.07) is 0. The quantitative estimate of drug-likeness (QED) is 0.422. The first-order valence-electron chi connectivity index (χ1n) is 5.72. The van der Waals surface area contributed by atoms with Gasteiger partial charge in [0.25, 0.3) is 10.1 Å². The van der Waals surface area contributed by atoms with Gasteiger partial charge in [-0.25, -0.2) is 0 Å². The van der Waals surface area contributed by atoms with Gasteiger partial charge in [0.15, 0.2) is 0 Å². The van der Waals surface area contributed by atoms with Crippen LogP contribution in [0.3, 0.4) is 0 Å². The molecule has 0 N–H and O–H groups in total. The first-order chi connectivity index (χ1) is 7.66. The first kappa shape index (κ1) is 17.2. The molecule has 0 aromatic heterocycles. The predicted molar refractivity (Wildman–Crippen MR) is 72.8 cm³/mol. The first-order valence-corrected chi connectivity index (χ1v) is 7.93. The molecule has 0 fully saturated rings. The summed E-state index contributed by atoms with van der Waals surface area (Å²) in [7, 11) is -3.41. The molecular formula is C11H24O4S2. The van der Waals surface area contributed by atoms with E-state index in [-0.39, 0.29) is 23.7 Å². The van der Waals surface area contributed by atoms with Gasteiger partial charge in [0, 0.05) is 0 Å². The van der Waals surface area contributed by atoms with E-state index < -0.39 is 10.1 Å². The summed E-state index contributed by atoms with van der Waals surface area (Å²) < 4.78 is 33.2. The third-order valence-corrected chi connectivity index (χ3v) is 3.42. The molecule has 0 aliphatic carbocycles. The molecule has 104 valence electrons. The van der Waals surface area contributed by atoms with E-state index in [1.165, 1.54) is 0 Å². The average molecular weight is 284 g/mol. The van der Waals surface area contributed by atoms with Crippen molar-refractivity contribution in [2.24, 2.45) is 11.3 Å². The fourth-order valence-electron chi connectivity index (χ4n) is 1.01. The van der Waals surface area contributed by atoms with Crippen molar-refractivity contribution in [2.45, 2.75) is 34.1 Å². The number of rotatable bonds is 8. The molecule has 1 atom stereocenters. The maximum Gasteiger partial charge on any atom is 0.267 e. The Kier molecular flexibility index (Phi) is 7.71. The van der Waals surface area contributed by atoms with E-state index in [4.69, 9.17) is 8.92 Å². The smallest absolute Gasteiger partial charge is 0.267 e. The zero-order chi connectivity index (χ0) is 13.5. The Labute approximate surface area is 111 Å². The van der Waals surface area contributed by atoms with Crippen molar-refractivity contribution in [3.05, 3.63) is 0 Å². The van der Waals surface area contributed by atoms with E-state index in [0.29, 0.717) is 19.0 Å². The molecular weight excluding hydrogens is 260 g/mol. The topological polar surface area (TPSA) is 52.6 Å². The van der Waals surface area contributed by atoms with Crippen LogP contribution in [0.25, 0.3) is 0 Å². The summed E-state index contributed by atoms with van der Waals surface area (Å²) in [6.45, 7) is 8.50. The Morgan fingerprint density at radius 2 is 1.88 bits per heavy atom. The molecule has 4 nitrogen and oxygen atoms in total. The molecule has 17 heavy (non-hydrogen) atoms. The Morgan fingerprint density at radius 3 is 2.35 bits per heavy atom. The Balaban J connectivity index is 3.93. The van der Waals surface area contributed by atoms with Crippen molar-refractivity contribution in [1.29, 1.82) is 0 Å². The number of hydrogen-bond donors (Lipinski definition) is 1. The zero-order valence-corrected chi connectivity index (χ0v) is 12.8. The van der Waals surface area contributed by atoms with Crippen LogP contribution in [0, 0.1) is 11.3 Å². The third kappa shape index (κ3) is 11.1. The highest BCUT2D eigenvalue weighted by Crippen LogP contribution is 2.15. The van der Waals surface area contributed by atoms with Gasteiger partial charge in [0.2, 0.25) is 0 Å². The Hall–Kier alpha value is 0.220. The molecule has 0 spiro atoms. The van der Waals surface area contributed by atoms with Gasteiger partial charge in [-0.1, -0.05) is 27.7 Å². The second-order valence-electron chi connectivity index (χ2n) is 5.48. The highest BCUT2D eigenvalue weighted by molar-refractivity contribution is 7.86. The fraction of sp³-hybridized carbons (Fsp3) is 1.00. The van der Waals surface area contributed by atoms with Crippen LogP contribution < -0.4 is 0 Å². The van der Waals surface area contributed by atoms with E-state index >= 15 is 0 Å². The SMILES string of the molecule is C[C@@H](CCS(=O)(=O)OCC(C)(C)C)COCS. The lowest BCUT2D eigenvalue weighted by Gasteiger charge is -2.18. The van der Waals surface area contributed by atoms with E-state index in [1.807, 2.05) is 27.7 Å².